The van der Waals surface area contributed by atoms with Crippen molar-refractivity contribution in [3.63, 3.8) is 0 Å². The first-order valence-corrected chi connectivity index (χ1v) is 6.29. The third-order valence-electron chi connectivity index (χ3n) is 2.47. The normalized spacial score (nSPS) is 11.9. The monoisotopic (exact) mass is 305 g/mol. The number of hydrogen-bond acceptors (Lipinski definition) is 3. The van der Waals surface area contributed by atoms with Gasteiger partial charge < -0.3 is 5.32 Å². The number of nitrogens with one attached hydrogen (secondary N) is 1. The molecule has 0 saturated heterocycles. The molecule has 0 radical (unpaired) electrons. The Morgan fingerprint density at radius 1 is 1.28 bits per heavy atom. The Morgan fingerprint density at radius 2 is 2.11 bits per heavy atom. The smallest absolute Gasteiger partial charge is 0.251 e. The molecule has 0 aliphatic carbocycles. The zero-order valence-electron chi connectivity index (χ0n) is 9.80. The van der Waals surface area contributed by atoms with Crippen LogP contribution in [0.4, 0.5) is 0 Å². The van der Waals surface area contributed by atoms with E-state index in [9.17, 15) is 4.79 Å². The highest BCUT2D eigenvalue weighted by Gasteiger charge is 2.12. The minimum absolute atomic E-state index is 0.134. The molecular formula is C13H12BrN3O. The van der Waals surface area contributed by atoms with Crippen molar-refractivity contribution in [1.29, 1.82) is 0 Å². The Labute approximate surface area is 114 Å². The Balaban J connectivity index is 2.08. The van der Waals surface area contributed by atoms with Crippen molar-refractivity contribution in [2.45, 2.75) is 13.0 Å². The van der Waals surface area contributed by atoms with Gasteiger partial charge in [0.25, 0.3) is 5.91 Å². The van der Waals surface area contributed by atoms with Gasteiger partial charge in [0.1, 0.15) is 4.60 Å². The van der Waals surface area contributed by atoms with Crippen molar-refractivity contribution in [1.82, 2.24) is 15.3 Å². The zero-order valence-corrected chi connectivity index (χ0v) is 11.4. The molecule has 18 heavy (non-hydrogen) atoms. The fourth-order valence-electron chi connectivity index (χ4n) is 1.53. The third-order valence-corrected chi connectivity index (χ3v) is 2.90. The molecule has 1 unspecified atom stereocenters. The number of pyridine rings is 2. The zero-order chi connectivity index (χ0) is 13.0. The summed E-state index contributed by atoms with van der Waals surface area (Å²) in [6, 6.07) is 8.84. The first kappa shape index (κ1) is 12.7. The fourth-order valence-corrected chi connectivity index (χ4v) is 1.89. The second-order valence-electron chi connectivity index (χ2n) is 3.82. The van der Waals surface area contributed by atoms with Crippen LogP contribution in [0.15, 0.2) is 47.3 Å². The molecule has 92 valence electrons. The van der Waals surface area contributed by atoms with Crippen molar-refractivity contribution in [3.05, 3.63) is 58.6 Å². The molecule has 1 amide bonds. The lowest BCUT2D eigenvalue weighted by molar-refractivity contribution is 0.0939. The quantitative estimate of drug-likeness (QED) is 0.887. The van der Waals surface area contributed by atoms with Gasteiger partial charge in [-0.2, -0.15) is 0 Å². The minimum Gasteiger partial charge on any atom is -0.344 e. The number of carbonyl (C=O) groups is 1. The van der Waals surface area contributed by atoms with E-state index in [2.05, 4.69) is 31.2 Å². The molecule has 0 spiro atoms. The molecule has 0 aromatic carbocycles. The third kappa shape index (κ3) is 3.13. The molecule has 0 aliphatic rings. The van der Waals surface area contributed by atoms with Crippen molar-refractivity contribution < 1.29 is 4.79 Å². The molecule has 1 N–H and O–H groups in total. The van der Waals surface area contributed by atoms with Crippen molar-refractivity contribution in [2.24, 2.45) is 0 Å². The Kier molecular flexibility index (Phi) is 4.04. The highest BCUT2D eigenvalue weighted by Crippen LogP contribution is 2.11. The number of hydrogen-bond donors (Lipinski definition) is 1. The molecule has 2 aromatic heterocycles. The first-order valence-electron chi connectivity index (χ1n) is 5.50. The number of aromatic nitrogens is 2. The molecule has 1 atom stereocenters. The predicted molar refractivity (Wildman–Crippen MR) is 72.1 cm³/mol. The van der Waals surface area contributed by atoms with Gasteiger partial charge in [0.15, 0.2) is 0 Å². The average Bonchev–Trinajstić information content (AvgIpc) is 2.39. The van der Waals surface area contributed by atoms with E-state index in [0.29, 0.717) is 10.2 Å². The maximum absolute atomic E-state index is 12.0. The molecule has 5 heteroatoms. The van der Waals surface area contributed by atoms with Crippen LogP contribution in [-0.4, -0.2) is 15.9 Å². The maximum atomic E-state index is 12.0. The van der Waals surface area contributed by atoms with E-state index >= 15 is 0 Å². The van der Waals surface area contributed by atoms with Gasteiger partial charge in [0.05, 0.1) is 11.7 Å². The van der Waals surface area contributed by atoms with E-state index in [1.165, 1.54) is 0 Å². The Bertz CT molecular complexity index is 545. The van der Waals surface area contributed by atoms with Crippen molar-refractivity contribution in [2.75, 3.05) is 0 Å². The molecule has 0 fully saturated rings. The van der Waals surface area contributed by atoms with Crippen LogP contribution in [0.1, 0.15) is 29.0 Å². The van der Waals surface area contributed by atoms with Crippen molar-refractivity contribution in [3.8, 4) is 0 Å². The summed E-state index contributed by atoms with van der Waals surface area (Å²) in [5.41, 5.74) is 1.40. The number of amides is 1. The molecule has 2 rings (SSSR count). The molecule has 2 aromatic rings. The lowest BCUT2D eigenvalue weighted by Crippen LogP contribution is -2.27. The molecule has 4 nitrogen and oxygen atoms in total. The Hall–Kier alpha value is -1.75. The van der Waals surface area contributed by atoms with E-state index < -0.39 is 0 Å². The fraction of sp³-hybridized carbons (Fsp3) is 0.154. The van der Waals surface area contributed by atoms with Gasteiger partial charge in [-0.15, -0.1) is 0 Å². The highest BCUT2D eigenvalue weighted by atomic mass is 79.9. The summed E-state index contributed by atoms with van der Waals surface area (Å²) in [5.74, 6) is -0.142. The number of nitrogens with zero attached hydrogens (tertiary/aromatic N) is 2. The van der Waals surface area contributed by atoms with Gasteiger partial charge in [0.2, 0.25) is 0 Å². The lowest BCUT2D eigenvalue weighted by atomic mass is 10.2. The minimum atomic E-state index is -0.142. The van der Waals surface area contributed by atoms with Crippen LogP contribution in [0.25, 0.3) is 0 Å². The van der Waals surface area contributed by atoms with Crippen LogP contribution in [0.5, 0.6) is 0 Å². The van der Waals surface area contributed by atoms with E-state index in [1.54, 1.807) is 24.5 Å². The summed E-state index contributed by atoms with van der Waals surface area (Å²) in [5, 5.41) is 2.89. The van der Waals surface area contributed by atoms with E-state index in [0.717, 1.165) is 5.69 Å². The molecular weight excluding hydrogens is 294 g/mol. The lowest BCUT2D eigenvalue weighted by Gasteiger charge is -2.13. The van der Waals surface area contributed by atoms with Crippen LogP contribution in [0.2, 0.25) is 0 Å². The summed E-state index contributed by atoms with van der Waals surface area (Å²) in [7, 11) is 0. The highest BCUT2D eigenvalue weighted by molar-refractivity contribution is 9.10. The number of carbonyl (C=O) groups excluding carboxylic acids is 1. The summed E-state index contributed by atoms with van der Waals surface area (Å²) in [4.78, 5) is 20.2. The van der Waals surface area contributed by atoms with Gasteiger partial charge in [-0.25, -0.2) is 4.98 Å². The SMILES string of the molecule is CC(NC(=O)c1ccnc(Br)c1)c1ccccn1. The molecule has 0 bridgehead atoms. The molecule has 2 heterocycles. The van der Waals surface area contributed by atoms with Gasteiger partial charge in [-0.05, 0) is 47.1 Å². The van der Waals surface area contributed by atoms with E-state index in [-0.39, 0.29) is 11.9 Å². The van der Waals surface area contributed by atoms with Crippen LogP contribution in [-0.2, 0) is 0 Å². The van der Waals surface area contributed by atoms with Crippen LogP contribution >= 0.6 is 15.9 Å². The summed E-state index contributed by atoms with van der Waals surface area (Å²) >= 11 is 3.24. The van der Waals surface area contributed by atoms with Crippen LogP contribution in [0.3, 0.4) is 0 Å². The van der Waals surface area contributed by atoms with Crippen LogP contribution in [0, 0.1) is 0 Å². The van der Waals surface area contributed by atoms with Gasteiger partial charge >= 0.3 is 0 Å². The second kappa shape index (κ2) is 5.73. The number of rotatable bonds is 3. The maximum Gasteiger partial charge on any atom is 0.251 e. The second-order valence-corrected chi connectivity index (χ2v) is 4.63. The molecule has 0 aliphatic heterocycles. The molecule has 0 saturated carbocycles. The van der Waals surface area contributed by atoms with Gasteiger partial charge in [-0.1, -0.05) is 6.07 Å². The van der Waals surface area contributed by atoms with Crippen molar-refractivity contribution >= 4 is 21.8 Å². The van der Waals surface area contributed by atoms with E-state index in [1.807, 2.05) is 25.1 Å². The average molecular weight is 306 g/mol. The standard InChI is InChI=1S/C13H12BrN3O/c1-9(11-4-2-3-6-15-11)17-13(18)10-5-7-16-12(14)8-10/h2-9H,1H3,(H,17,18). The summed E-state index contributed by atoms with van der Waals surface area (Å²) in [6.45, 7) is 1.90. The first-order chi connectivity index (χ1) is 8.66. The van der Waals surface area contributed by atoms with Crippen LogP contribution < -0.4 is 5.32 Å². The largest absolute Gasteiger partial charge is 0.344 e. The summed E-state index contributed by atoms with van der Waals surface area (Å²) < 4.78 is 0.639. The van der Waals surface area contributed by atoms with Gasteiger partial charge in [0, 0.05) is 18.0 Å². The summed E-state index contributed by atoms with van der Waals surface area (Å²) in [6.07, 6.45) is 3.30. The topological polar surface area (TPSA) is 54.9 Å². The predicted octanol–water partition coefficient (Wildman–Crippen LogP) is 2.73. The Morgan fingerprint density at radius 3 is 2.78 bits per heavy atom. The van der Waals surface area contributed by atoms with E-state index in [4.69, 9.17) is 0 Å². The number of halogens is 1. The van der Waals surface area contributed by atoms with Gasteiger partial charge in [-0.3, -0.25) is 9.78 Å².